The molecule has 1 amide bonds. The van der Waals surface area contributed by atoms with Crippen molar-refractivity contribution in [1.82, 2.24) is 24.2 Å². The highest BCUT2D eigenvalue weighted by Gasteiger charge is 2.38. The summed E-state index contributed by atoms with van der Waals surface area (Å²) in [6.07, 6.45) is 9.79. The molecule has 2 aromatic heterocycles. The van der Waals surface area contributed by atoms with E-state index >= 15 is 0 Å². The highest BCUT2D eigenvalue weighted by atomic mass is 16.2. The number of amides is 1. The number of hydrogen-bond acceptors (Lipinski definition) is 3. The van der Waals surface area contributed by atoms with Gasteiger partial charge in [0.1, 0.15) is 11.5 Å². The van der Waals surface area contributed by atoms with Crippen LogP contribution in [0, 0.1) is 12.8 Å². The van der Waals surface area contributed by atoms with E-state index in [1.54, 1.807) is 4.68 Å². The Hall–Kier alpha value is -2.11. The Morgan fingerprint density at radius 1 is 1.21 bits per heavy atom. The molecule has 1 aliphatic heterocycles. The summed E-state index contributed by atoms with van der Waals surface area (Å²) in [5.74, 6) is 1.67. The molecule has 3 heterocycles. The summed E-state index contributed by atoms with van der Waals surface area (Å²) < 4.78 is 3.95. The highest BCUT2D eigenvalue weighted by molar-refractivity contribution is 5.93. The van der Waals surface area contributed by atoms with Crippen LogP contribution in [-0.2, 0) is 13.6 Å². The lowest BCUT2D eigenvalue weighted by atomic mass is 9.95. The Balaban J connectivity index is 1.74. The van der Waals surface area contributed by atoms with Crippen molar-refractivity contribution >= 4 is 5.91 Å². The van der Waals surface area contributed by atoms with E-state index in [4.69, 9.17) is 0 Å². The van der Waals surface area contributed by atoms with Crippen LogP contribution < -0.4 is 0 Å². The van der Waals surface area contributed by atoms with Crippen molar-refractivity contribution in [2.75, 3.05) is 6.54 Å². The van der Waals surface area contributed by atoms with Gasteiger partial charge < -0.3 is 9.47 Å². The zero-order valence-corrected chi connectivity index (χ0v) is 14.5. The summed E-state index contributed by atoms with van der Waals surface area (Å²) in [5.41, 5.74) is 1.56. The molecule has 6 heteroatoms. The molecule has 2 aliphatic rings. The van der Waals surface area contributed by atoms with E-state index in [1.807, 2.05) is 26.2 Å². The third kappa shape index (κ3) is 2.54. The number of aryl methyl sites for hydroxylation is 3. The Labute approximate surface area is 142 Å². The molecule has 1 atom stereocenters. The number of hydrogen-bond donors (Lipinski definition) is 0. The van der Waals surface area contributed by atoms with Crippen LogP contribution in [0.25, 0.3) is 0 Å². The van der Waals surface area contributed by atoms with Crippen molar-refractivity contribution in [2.45, 2.75) is 51.6 Å². The number of nitrogens with zero attached hydrogens (tertiary/aromatic N) is 5. The van der Waals surface area contributed by atoms with Gasteiger partial charge in [0, 0.05) is 32.5 Å². The molecule has 0 radical (unpaired) electrons. The topological polar surface area (TPSA) is 56.0 Å². The van der Waals surface area contributed by atoms with Gasteiger partial charge in [0.25, 0.3) is 5.91 Å². The Morgan fingerprint density at radius 3 is 2.71 bits per heavy atom. The second kappa shape index (κ2) is 6.07. The van der Waals surface area contributed by atoms with E-state index in [2.05, 4.69) is 25.7 Å². The fourth-order valence-corrected chi connectivity index (χ4v) is 4.39. The first-order valence-corrected chi connectivity index (χ1v) is 8.98. The number of rotatable bonds is 2. The molecule has 24 heavy (non-hydrogen) atoms. The molecule has 0 aromatic carbocycles. The SMILES string of the molecule is Cc1cc(C(=O)N2CCCn3ccnc3C2C2CCCC2)n(C)n1. The summed E-state index contributed by atoms with van der Waals surface area (Å²) in [6.45, 7) is 3.65. The van der Waals surface area contributed by atoms with Crippen LogP contribution >= 0.6 is 0 Å². The van der Waals surface area contributed by atoms with Gasteiger partial charge in [-0.3, -0.25) is 9.48 Å². The van der Waals surface area contributed by atoms with Crippen molar-refractivity contribution in [3.8, 4) is 0 Å². The van der Waals surface area contributed by atoms with Crippen molar-refractivity contribution < 1.29 is 4.79 Å². The van der Waals surface area contributed by atoms with E-state index < -0.39 is 0 Å². The third-order valence-electron chi connectivity index (χ3n) is 5.47. The molecule has 0 saturated heterocycles. The summed E-state index contributed by atoms with van der Waals surface area (Å²) in [4.78, 5) is 20.0. The molecule has 0 N–H and O–H groups in total. The van der Waals surface area contributed by atoms with Crippen LogP contribution in [0.1, 0.15) is 60.2 Å². The van der Waals surface area contributed by atoms with Crippen LogP contribution in [0.5, 0.6) is 0 Å². The normalized spacial score (nSPS) is 21.8. The average Bonchev–Trinajstić information content (AvgIpc) is 3.27. The summed E-state index contributed by atoms with van der Waals surface area (Å²) >= 11 is 0. The lowest BCUT2D eigenvalue weighted by Crippen LogP contribution is -2.39. The van der Waals surface area contributed by atoms with Gasteiger partial charge in [-0.25, -0.2) is 4.98 Å². The van der Waals surface area contributed by atoms with Crippen LogP contribution in [0.2, 0.25) is 0 Å². The predicted octanol–water partition coefficient (Wildman–Crippen LogP) is 2.70. The molecule has 1 saturated carbocycles. The maximum atomic E-state index is 13.3. The number of fused-ring (bicyclic) bond motifs is 1. The van der Waals surface area contributed by atoms with Gasteiger partial charge in [-0.1, -0.05) is 12.8 Å². The summed E-state index contributed by atoms with van der Waals surface area (Å²) in [5, 5.41) is 4.36. The second-order valence-electron chi connectivity index (χ2n) is 7.11. The minimum Gasteiger partial charge on any atom is -0.333 e. The summed E-state index contributed by atoms with van der Waals surface area (Å²) in [7, 11) is 1.85. The third-order valence-corrected chi connectivity index (χ3v) is 5.47. The van der Waals surface area contributed by atoms with Gasteiger partial charge in [-0.15, -0.1) is 0 Å². The monoisotopic (exact) mass is 327 g/mol. The largest absolute Gasteiger partial charge is 0.333 e. The second-order valence-corrected chi connectivity index (χ2v) is 7.11. The molecule has 4 rings (SSSR count). The first-order valence-electron chi connectivity index (χ1n) is 8.98. The Kier molecular flexibility index (Phi) is 3.90. The zero-order chi connectivity index (χ0) is 16.7. The average molecular weight is 327 g/mol. The first-order chi connectivity index (χ1) is 11.6. The standard InChI is InChI=1S/C18H25N5O/c1-13-12-15(21(2)20-13)18(24)23-10-5-9-22-11-8-19-17(22)16(23)14-6-3-4-7-14/h8,11-12,14,16H,3-7,9-10H2,1-2H3. The van der Waals surface area contributed by atoms with Gasteiger partial charge >= 0.3 is 0 Å². The predicted molar refractivity (Wildman–Crippen MR) is 90.5 cm³/mol. The van der Waals surface area contributed by atoms with Crippen LogP contribution in [0.3, 0.4) is 0 Å². The van der Waals surface area contributed by atoms with E-state index in [0.29, 0.717) is 11.6 Å². The highest BCUT2D eigenvalue weighted by Crippen LogP contribution is 2.40. The van der Waals surface area contributed by atoms with Gasteiger partial charge in [0.2, 0.25) is 0 Å². The van der Waals surface area contributed by atoms with E-state index in [0.717, 1.165) is 31.0 Å². The van der Waals surface area contributed by atoms with Crippen molar-refractivity contribution in [1.29, 1.82) is 0 Å². The molecule has 0 bridgehead atoms. The van der Waals surface area contributed by atoms with Gasteiger partial charge in [-0.05, 0) is 38.2 Å². The Bertz CT molecular complexity index is 740. The number of carbonyl (C=O) groups is 1. The van der Waals surface area contributed by atoms with E-state index in [1.165, 1.54) is 25.7 Å². The number of aromatic nitrogens is 4. The summed E-state index contributed by atoms with van der Waals surface area (Å²) in [6, 6.07) is 1.98. The Morgan fingerprint density at radius 2 is 2.00 bits per heavy atom. The first kappa shape index (κ1) is 15.4. The van der Waals surface area contributed by atoms with Crippen LogP contribution in [-0.4, -0.2) is 36.7 Å². The lowest BCUT2D eigenvalue weighted by Gasteiger charge is -2.33. The maximum absolute atomic E-state index is 13.3. The minimum atomic E-state index is 0.0893. The van der Waals surface area contributed by atoms with Crippen LogP contribution in [0.4, 0.5) is 0 Å². The van der Waals surface area contributed by atoms with Crippen molar-refractivity contribution in [3.05, 3.63) is 35.7 Å². The molecule has 2 aromatic rings. The molecule has 6 nitrogen and oxygen atoms in total. The smallest absolute Gasteiger partial charge is 0.272 e. The maximum Gasteiger partial charge on any atom is 0.272 e. The minimum absolute atomic E-state index is 0.0893. The number of carbonyl (C=O) groups excluding carboxylic acids is 1. The van der Waals surface area contributed by atoms with Crippen molar-refractivity contribution in [3.63, 3.8) is 0 Å². The number of imidazole rings is 1. The van der Waals surface area contributed by atoms with E-state index in [9.17, 15) is 4.79 Å². The molecule has 1 unspecified atom stereocenters. The lowest BCUT2D eigenvalue weighted by molar-refractivity contribution is 0.0591. The van der Waals surface area contributed by atoms with Gasteiger partial charge in [0.05, 0.1) is 11.7 Å². The molecule has 128 valence electrons. The molecule has 1 aliphatic carbocycles. The van der Waals surface area contributed by atoms with Crippen molar-refractivity contribution in [2.24, 2.45) is 13.0 Å². The quantitative estimate of drug-likeness (QED) is 0.852. The fourth-order valence-electron chi connectivity index (χ4n) is 4.39. The van der Waals surface area contributed by atoms with Gasteiger partial charge in [0.15, 0.2) is 0 Å². The zero-order valence-electron chi connectivity index (χ0n) is 14.5. The molecule has 1 fully saturated rings. The van der Waals surface area contributed by atoms with Crippen LogP contribution in [0.15, 0.2) is 18.5 Å². The van der Waals surface area contributed by atoms with E-state index in [-0.39, 0.29) is 11.9 Å². The molecular formula is C18H25N5O. The molecular weight excluding hydrogens is 302 g/mol. The van der Waals surface area contributed by atoms with Gasteiger partial charge in [-0.2, -0.15) is 5.10 Å². The fraction of sp³-hybridized carbons (Fsp3) is 0.611. The molecule has 0 spiro atoms.